The number of pyridine rings is 1. The number of carbonyl (C=O) groups is 2. The minimum Gasteiger partial charge on any atom is -0.339 e. The van der Waals surface area contributed by atoms with Gasteiger partial charge in [0.05, 0.1) is 0 Å². The highest BCUT2D eigenvalue weighted by Crippen LogP contribution is 2.37. The predicted molar refractivity (Wildman–Crippen MR) is 130 cm³/mol. The maximum absolute atomic E-state index is 13.5. The molecule has 39 heavy (non-hydrogen) atoms. The van der Waals surface area contributed by atoms with Crippen molar-refractivity contribution in [2.24, 2.45) is 5.10 Å². The number of aromatic nitrogens is 5. The van der Waals surface area contributed by atoms with Crippen LogP contribution in [0, 0.1) is 0 Å². The highest BCUT2D eigenvalue weighted by Gasteiger charge is 2.52. The van der Waals surface area contributed by atoms with Crippen LogP contribution in [0.4, 0.5) is 19.0 Å². The first-order valence-electron chi connectivity index (χ1n) is 11.9. The van der Waals surface area contributed by atoms with Crippen LogP contribution in [0.25, 0.3) is 11.5 Å². The van der Waals surface area contributed by atoms with E-state index in [1.54, 1.807) is 29.3 Å². The van der Waals surface area contributed by atoms with Gasteiger partial charge in [-0.25, -0.2) is 14.7 Å². The fourth-order valence-corrected chi connectivity index (χ4v) is 4.52. The number of fused-ring (bicyclic) bond motifs is 2. The number of amidine groups is 1. The average molecular weight is 612 g/mol. The number of aryl methyl sites for hydroxylation is 1. The maximum atomic E-state index is 13.5. The van der Waals surface area contributed by atoms with Crippen molar-refractivity contribution in [3.63, 3.8) is 0 Å². The summed E-state index contributed by atoms with van der Waals surface area (Å²) in [6, 6.07) is 5.20. The number of halogens is 4. The van der Waals surface area contributed by atoms with Gasteiger partial charge in [-0.05, 0) is 34.5 Å². The van der Waals surface area contributed by atoms with E-state index in [9.17, 15) is 22.8 Å². The van der Waals surface area contributed by atoms with E-state index >= 15 is 0 Å². The molecule has 3 aromatic rings. The quantitative estimate of drug-likeness (QED) is 0.356. The predicted octanol–water partition coefficient (Wildman–Crippen LogP) is 3.64. The second-order valence-electron chi connectivity index (χ2n) is 8.57. The fraction of sp³-hybridized carbons (Fsp3) is 0.409. The molecule has 1 amide bonds. The van der Waals surface area contributed by atoms with Crippen molar-refractivity contribution in [3.05, 3.63) is 40.7 Å². The molecular formula is C22H21BrF3N9O4. The van der Waals surface area contributed by atoms with Gasteiger partial charge >= 0.3 is 12.1 Å². The number of nitrogens with zero attached hydrogens (tertiary/aromatic N) is 8. The van der Waals surface area contributed by atoms with Crippen molar-refractivity contribution in [2.45, 2.75) is 51.5 Å². The van der Waals surface area contributed by atoms with E-state index in [0.29, 0.717) is 23.8 Å². The number of hydrogen-bond donors (Lipinski definition) is 1. The van der Waals surface area contributed by atoms with Crippen molar-refractivity contribution >= 4 is 39.5 Å². The number of hydrazone groups is 1. The summed E-state index contributed by atoms with van der Waals surface area (Å²) in [5.74, 6) is -2.40. The third kappa shape index (κ3) is 5.30. The number of nitrogens with one attached hydrogen (secondary N) is 1. The normalized spacial score (nSPS) is 16.8. The lowest BCUT2D eigenvalue weighted by Gasteiger charge is -2.40. The number of unbranched alkanes of at least 4 members (excludes halogenated alkanes) is 2. The van der Waals surface area contributed by atoms with E-state index in [-0.39, 0.29) is 46.6 Å². The van der Waals surface area contributed by atoms with Crippen molar-refractivity contribution in [3.8, 4) is 11.5 Å². The van der Waals surface area contributed by atoms with Crippen LogP contribution in [0.3, 0.4) is 0 Å². The first-order valence-corrected chi connectivity index (χ1v) is 12.7. The Bertz CT molecular complexity index is 1390. The van der Waals surface area contributed by atoms with Gasteiger partial charge in [-0.1, -0.05) is 36.2 Å². The van der Waals surface area contributed by atoms with E-state index in [1.165, 1.54) is 4.90 Å². The summed E-state index contributed by atoms with van der Waals surface area (Å²) in [4.78, 5) is 48.2. The minimum absolute atomic E-state index is 0.000397. The molecule has 0 aromatic carbocycles. The largest absolute Gasteiger partial charge is 0.493 e. The van der Waals surface area contributed by atoms with Crippen LogP contribution in [0.5, 0.6) is 0 Å². The topological polar surface area (TPSA) is 146 Å². The van der Waals surface area contributed by atoms with Gasteiger partial charge in [-0.2, -0.15) is 18.2 Å². The fourth-order valence-electron chi connectivity index (χ4n) is 4.15. The van der Waals surface area contributed by atoms with Gasteiger partial charge < -0.3 is 19.2 Å². The number of amides is 1. The van der Waals surface area contributed by atoms with Gasteiger partial charge in [0, 0.05) is 25.6 Å². The summed E-state index contributed by atoms with van der Waals surface area (Å²) in [7, 11) is 0. The van der Waals surface area contributed by atoms with Gasteiger partial charge in [-0.15, -0.1) is 5.10 Å². The summed E-state index contributed by atoms with van der Waals surface area (Å²) >= 11 is 3.21. The first kappa shape index (κ1) is 26.6. The zero-order valence-electron chi connectivity index (χ0n) is 20.4. The van der Waals surface area contributed by atoms with E-state index in [4.69, 9.17) is 4.52 Å². The zero-order chi connectivity index (χ0) is 27.7. The molecule has 0 saturated heterocycles. The van der Waals surface area contributed by atoms with E-state index in [0.717, 1.165) is 12.8 Å². The minimum atomic E-state index is -5.28. The molecule has 0 aliphatic carbocycles. The second-order valence-corrected chi connectivity index (χ2v) is 9.32. The Hall–Kier alpha value is -4.02. The molecule has 1 atom stereocenters. The number of anilines is 1. The molecule has 0 radical (unpaired) electrons. The Labute approximate surface area is 227 Å². The Balaban J connectivity index is 1.45. The molecule has 0 bridgehead atoms. The molecule has 13 nitrogen and oxygen atoms in total. The Morgan fingerprint density at radius 2 is 2.05 bits per heavy atom. The molecule has 5 heterocycles. The van der Waals surface area contributed by atoms with Crippen LogP contribution in [0.15, 0.2) is 38.8 Å². The first-order chi connectivity index (χ1) is 18.7. The SMILES string of the molecule is CCCCCN1c2nc(Br)[nH]c2C(=O)N2C(CCc3nc(-c4ccccn4)no3)=NN(OC(=O)C(F)(F)F)C21. The van der Waals surface area contributed by atoms with E-state index in [1.807, 2.05) is 6.92 Å². The van der Waals surface area contributed by atoms with Crippen LogP contribution in [-0.2, 0) is 16.1 Å². The number of alkyl halides is 3. The molecular weight excluding hydrogens is 591 g/mol. The highest BCUT2D eigenvalue weighted by atomic mass is 79.9. The monoisotopic (exact) mass is 611 g/mol. The molecule has 0 saturated carbocycles. The van der Waals surface area contributed by atoms with Gasteiger partial charge in [-0.3, -0.25) is 9.78 Å². The highest BCUT2D eigenvalue weighted by molar-refractivity contribution is 9.10. The van der Waals surface area contributed by atoms with Crippen LogP contribution in [0.2, 0.25) is 0 Å². The van der Waals surface area contributed by atoms with Crippen LogP contribution >= 0.6 is 15.9 Å². The van der Waals surface area contributed by atoms with Crippen molar-refractivity contribution in [2.75, 3.05) is 11.4 Å². The lowest BCUT2D eigenvalue weighted by molar-refractivity contribution is -0.249. The molecule has 1 unspecified atom stereocenters. The number of aromatic amines is 1. The Kier molecular flexibility index (Phi) is 7.24. The Morgan fingerprint density at radius 1 is 1.23 bits per heavy atom. The third-order valence-electron chi connectivity index (χ3n) is 5.89. The molecule has 206 valence electrons. The summed E-state index contributed by atoms with van der Waals surface area (Å²) in [6.07, 6.45) is -2.61. The van der Waals surface area contributed by atoms with Crippen LogP contribution in [0.1, 0.15) is 49.0 Å². The molecule has 2 aliphatic rings. The van der Waals surface area contributed by atoms with Crippen molar-refractivity contribution in [1.82, 2.24) is 35.2 Å². The third-order valence-corrected chi connectivity index (χ3v) is 6.27. The number of rotatable bonds is 9. The van der Waals surface area contributed by atoms with E-state index in [2.05, 4.69) is 51.0 Å². The number of carbonyl (C=O) groups excluding carboxylic acids is 2. The molecule has 3 aromatic heterocycles. The van der Waals surface area contributed by atoms with Gasteiger partial charge in [0.15, 0.2) is 10.6 Å². The van der Waals surface area contributed by atoms with Crippen LogP contribution < -0.4 is 4.90 Å². The second kappa shape index (κ2) is 10.6. The van der Waals surface area contributed by atoms with Gasteiger partial charge in [0.1, 0.15) is 17.2 Å². The lowest BCUT2D eigenvalue weighted by Crippen LogP contribution is -2.60. The number of hydroxylamine groups is 1. The molecule has 0 spiro atoms. The Morgan fingerprint density at radius 3 is 2.77 bits per heavy atom. The average Bonchev–Trinajstić information content (AvgIpc) is 3.62. The molecule has 17 heteroatoms. The lowest BCUT2D eigenvalue weighted by atomic mass is 10.2. The summed E-state index contributed by atoms with van der Waals surface area (Å²) in [6.45, 7) is 2.29. The van der Waals surface area contributed by atoms with Crippen molar-refractivity contribution < 1.29 is 32.1 Å². The smallest absolute Gasteiger partial charge is 0.339 e. The van der Waals surface area contributed by atoms with Gasteiger partial charge in [0.25, 0.3) is 5.91 Å². The molecule has 1 N–H and O–H groups in total. The number of imidazole rings is 1. The standard InChI is InChI=1S/C22H21BrF3N9O4/c1-2-3-6-11-33-17-15(29-20(23)30-17)18(36)34-13(31-35(21(33)34)39-19(37)22(24,25)26)8-9-14-28-16(32-38-14)12-7-4-5-10-27-12/h4-5,7,10,21H,2-3,6,8-9,11H2,1H3,(H,29,30). The number of H-pyrrole nitrogens is 1. The summed E-state index contributed by atoms with van der Waals surface area (Å²) < 4.78 is 44.8. The summed E-state index contributed by atoms with van der Waals surface area (Å²) in [5, 5.41) is 8.48. The number of hydrogen-bond acceptors (Lipinski definition) is 11. The molecule has 0 fully saturated rings. The zero-order valence-corrected chi connectivity index (χ0v) is 21.9. The maximum Gasteiger partial charge on any atom is 0.493 e. The van der Waals surface area contributed by atoms with E-state index < -0.39 is 24.3 Å². The van der Waals surface area contributed by atoms with Crippen LogP contribution in [-0.4, -0.2) is 71.9 Å². The molecule has 5 rings (SSSR count). The van der Waals surface area contributed by atoms with Crippen molar-refractivity contribution in [1.29, 1.82) is 0 Å². The summed E-state index contributed by atoms with van der Waals surface area (Å²) in [5.41, 5.74) is 0.601. The van der Waals surface area contributed by atoms with Gasteiger partial charge in [0.2, 0.25) is 18.0 Å². The molecule has 2 aliphatic heterocycles.